The molecule has 258 valence electrons. The van der Waals surface area contributed by atoms with Gasteiger partial charge in [0, 0.05) is 54.5 Å². The third kappa shape index (κ3) is 4.34. The summed E-state index contributed by atoms with van der Waals surface area (Å²) >= 11 is 0. The second-order valence-corrected chi connectivity index (χ2v) is 14.7. The van der Waals surface area contributed by atoms with Crippen molar-refractivity contribution in [1.29, 1.82) is 0 Å². The lowest BCUT2D eigenvalue weighted by atomic mass is 9.89. The van der Waals surface area contributed by atoms with Crippen molar-refractivity contribution >= 4 is 75.9 Å². The van der Waals surface area contributed by atoms with E-state index in [9.17, 15) is 0 Å². The third-order valence-electron chi connectivity index (χ3n) is 11.7. The molecule has 0 aliphatic heterocycles. The lowest BCUT2D eigenvalue weighted by Crippen LogP contribution is -1.97. The summed E-state index contributed by atoms with van der Waals surface area (Å²) in [5.74, 6) is 0. The number of rotatable bonds is 4. The zero-order chi connectivity index (χ0) is 36.7. The van der Waals surface area contributed by atoms with Gasteiger partial charge >= 0.3 is 0 Å². The van der Waals surface area contributed by atoms with E-state index in [-0.39, 0.29) is 0 Å². The van der Waals surface area contributed by atoms with Crippen LogP contribution in [0.2, 0.25) is 0 Å². The van der Waals surface area contributed by atoms with Gasteiger partial charge in [0.1, 0.15) is 5.52 Å². The van der Waals surface area contributed by atoms with Gasteiger partial charge in [-0.3, -0.25) is 0 Å². The summed E-state index contributed by atoms with van der Waals surface area (Å²) in [7, 11) is 0. The number of nitrogens with zero attached hydrogens (tertiary/aromatic N) is 2. The number of para-hydroxylation sites is 1. The normalized spacial score (nSPS) is 11.8. The van der Waals surface area contributed by atoms with Crippen LogP contribution in [-0.2, 0) is 0 Å². The molecule has 0 saturated heterocycles. The van der Waals surface area contributed by atoms with Gasteiger partial charge in [-0.25, -0.2) is 0 Å². The average molecular weight is 709 g/mol. The Hall–Kier alpha value is -7.60. The molecule has 2 heterocycles. The molecule has 0 bridgehead atoms. The van der Waals surface area contributed by atoms with E-state index in [2.05, 4.69) is 209 Å². The molecular weight excluding hydrogens is 677 g/mol. The summed E-state index contributed by atoms with van der Waals surface area (Å²) < 4.78 is 4.92. The van der Waals surface area contributed by atoms with Gasteiger partial charge in [0.25, 0.3) is 0 Å². The van der Waals surface area contributed by atoms with Gasteiger partial charge in [0.05, 0.1) is 16.6 Å². The molecule has 2 nitrogen and oxygen atoms in total. The Labute approximate surface area is 323 Å². The highest BCUT2D eigenvalue weighted by atomic mass is 15.0. The summed E-state index contributed by atoms with van der Waals surface area (Å²) in [6.07, 6.45) is 0. The Morgan fingerprint density at radius 2 is 0.786 bits per heavy atom. The van der Waals surface area contributed by atoms with E-state index in [4.69, 9.17) is 0 Å². The fourth-order valence-electron chi connectivity index (χ4n) is 9.41. The molecule has 2 heteroatoms. The Bertz CT molecular complexity index is 3280. The quantitative estimate of drug-likeness (QED) is 0.161. The number of fused-ring (bicyclic) bond motifs is 15. The maximum absolute atomic E-state index is 3.59. The van der Waals surface area contributed by atoms with Crippen molar-refractivity contribution in [3.8, 4) is 33.6 Å². The molecule has 0 atom stereocenters. The van der Waals surface area contributed by atoms with Crippen molar-refractivity contribution < 1.29 is 0 Å². The largest absolute Gasteiger partial charge is 0.309 e. The maximum atomic E-state index is 3.59. The van der Waals surface area contributed by atoms with E-state index in [0.717, 1.165) is 16.9 Å². The van der Waals surface area contributed by atoms with E-state index in [1.165, 1.54) is 92.7 Å². The molecule has 56 heavy (non-hydrogen) atoms. The number of benzene rings is 9. The summed E-state index contributed by atoms with van der Waals surface area (Å²) in [5.41, 5.74) is 11.7. The van der Waals surface area contributed by atoms with Crippen LogP contribution in [0.1, 0.15) is 0 Å². The highest BCUT2D eigenvalue weighted by Gasteiger charge is 2.25. The van der Waals surface area contributed by atoms with Gasteiger partial charge in [-0.05, 0) is 81.6 Å². The fraction of sp³-hybridized carbons (Fsp3) is 0. The second-order valence-electron chi connectivity index (χ2n) is 14.7. The smallest absolute Gasteiger partial charge is 0.105 e. The van der Waals surface area contributed by atoms with Crippen LogP contribution in [0, 0.1) is 12.1 Å². The van der Waals surface area contributed by atoms with Gasteiger partial charge in [-0.1, -0.05) is 158 Å². The fourth-order valence-corrected chi connectivity index (χ4v) is 9.41. The summed E-state index contributed by atoms with van der Waals surface area (Å²) in [6.45, 7) is 0. The first-order valence-corrected chi connectivity index (χ1v) is 19.2. The van der Waals surface area contributed by atoms with E-state index in [0.29, 0.717) is 0 Å². The lowest BCUT2D eigenvalue weighted by Gasteiger charge is -2.17. The third-order valence-corrected chi connectivity index (χ3v) is 11.7. The molecule has 0 aliphatic carbocycles. The Morgan fingerprint density at radius 3 is 1.39 bits per heavy atom. The second kappa shape index (κ2) is 12.0. The van der Waals surface area contributed by atoms with Crippen LogP contribution >= 0.6 is 0 Å². The first-order chi connectivity index (χ1) is 27.8. The molecule has 0 spiro atoms. The first-order valence-electron chi connectivity index (χ1n) is 19.2. The molecule has 0 radical (unpaired) electrons. The predicted molar refractivity (Wildman–Crippen MR) is 236 cm³/mol. The molecule has 0 amide bonds. The van der Waals surface area contributed by atoms with Gasteiger partial charge in [-0.2, -0.15) is 0 Å². The number of hydrogen-bond acceptors (Lipinski definition) is 0. The van der Waals surface area contributed by atoms with Crippen LogP contribution in [-0.4, -0.2) is 9.13 Å². The molecule has 10 aromatic carbocycles. The van der Waals surface area contributed by atoms with Crippen LogP contribution < -0.4 is 0 Å². The molecule has 0 fully saturated rings. The Kier molecular flexibility index (Phi) is 6.58. The van der Waals surface area contributed by atoms with Crippen LogP contribution in [0.5, 0.6) is 0 Å². The minimum Gasteiger partial charge on any atom is -0.309 e. The predicted octanol–water partition coefficient (Wildman–Crippen LogP) is 14.3. The molecule has 12 aromatic rings. The molecule has 0 saturated carbocycles. The Morgan fingerprint density at radius 1 is 0.321 bits per heavy atom. The Balaban J connectivity index is 1.29. The number of hydrogen-bond donors (Lipinski definition) is 0. The average Bonchev–Trinajstić information content (AvgIpc) is 3.81. The molecule has 0 aliphatic rings. The van der Waals surface area contributed by atoms with E-state index in [1.807, 2.05) is 6.07 Å². The first kappa shape index (κ1) is 30.8. The maximum Gasteiger partial charge on any atom is 0.105 e. The van der Waals surface area contributed by atoms with Crippen LogP contribution in [0.3, 0.4) is 0 Å². The van der Waals surface area contributed by atoms with E-state index in [1.54, 1.807) is 0 Å². The molecular formula is C54H32N2. The minimum atomic E-state index is 1.02. The van der Waals surface area contributed by atoms with Gasteiger partial charge in [0.15, 0.2) is 0 Å². The topological polar surface area (TPSA) is 9.86 Å². The molecule has 12 rings (SSSR count). The van der Waals surface area contributed by atoms with Gasteiger partial charge < -0.3 is 9.13 Å². The monoisotopic (exact) mass is 708 g/mol. The van der Waals surface area contributed by atoms with Crippen molar-refractivity contribution in [2.75, 3.05) is 0 Å². The summed E-state index contributed by atoms with van der Waals surface area (Å²) in [5, 5.41) is 12.4. The van der Waals surface area contributed by atoms with Crippen molar-refractivity contribution in [3.63, 3.8) is 0 Å². The molecule has 0 unspecified atom stereocenters. The van der Waals surface area contributed by atoms with Crippen molar-refractivity contribution in [3.05, 3.63) is 206 Å². The minimum absolute atomic E-state index is 1.02. The van der Waals surface area contributed by atoms with Crippen molar-refractivity contribution in [1.82, 2.24) is 9.13 Å². The lowest BCUT2D eigenvalue weighted by molar-refractivity contribution is 1.19. The van der Waals surface area contributed by atoms with Gasteiger partial charge in [-0.15, -0.1) is 0 Å². The highest BCUT2D eigenvalue weighted by molar-refractivity contribution is 6.45. The highest BCUT2D eigenvalue weighted by Crippen LogP contribution is 2.50. The summed E-state index contributed by atoms with van der Waals surface area (Å²) in [6, 6.07) is 77.4. The zero-order valence-electron chi connectivity index (χ0n) is 30.4. The molecule has 2 aromatic heterocycles. The SMILES string of the molecule is c1ccc2c3c4c5ccccc5c5c(c6ccccc6n5-c5cccc(-c6ccccc6)c5)c4c4ccccc4c3n(-c3cccc(-c4ccccc4)c3)c2c#1. The van der Waals surface area contributed by atoms with Gasteiger partial charge in [0.2, 0.25) is 0 Å². The van der Waals surface area contributed by atoms with Crippen LogP contribution in [0.15, 0.2) is 194 Å². The van der Waals surface area contributed by atoms with E-state index >= 15 is 0 Å². The van der Waals surface area contributed by atoms with Crippen molar-refractivity contribution in [2.45, 2.75) is 0 Å². The summed E-state index contributed by atoms with van der Waals surface area (Å²) in [4.78, 5) is 0. The van der Waals surface area contributed by atoms with Crippen LogP contribution in [0.4, 0.5) is 0 Å². The van der Waals surface area contributed by atoms with E-state index < -0.39 is 0 Å². The molecule has 0 N–H and O–H groups in total. The van der Waals surface area contributed by atoms with Crippen LogP contribution in [0.25, 0.3) is 110 Å². The zero-order valence-corrected chi connectivity index (χ0v) is 30.4. The standard InChI is InChI=1S/C54H32N2/c1-3-17-35(18-4-1)37-21-15-23-39(33-37)55-47-31-13-11-29-45(47)51-49-42-26-8-10-28-44(42)54-52(50(49)41-25-7-9-27-43(41)53(51)55)46-30-12-14-32-48(46)56(54)40-24-16-22-38(34-40)36-19-5-2-6-20-36/h1-13,15-31,33-34H. The number of aromatic nitrogens is 2. The van der Waals surface area contributed by atoms with Crippen molar-refractivity contribution in [2.24, 2.45) is 0 Å².